The van der Waals surface area contributed by atoms with Crippen molar-refractivity contribution in [2.24, 2.45) is 0 Å². The normalized spacial score (nSPS) is 11.3. The van der Waals surface area contributed by atoms with Gasteiger partial charge in [0.2, 0.25) is 0 Å². The molecule has 2 aromatic heterocycles. The summed E-state index contributed by atoms with van der Waals surface area (Å²) in [7, 11) is 3.54. The van der Waals surface area contributed by atoms with Crippen LogP contribution in [0.4, 0.5) is 5.82 Å². The molecule has 0 atom stereocenters. The van der Waals surface area contributed by atoms with Crippen LogP contribution in [0.2, 0.25) is 0 Å². The minimum Gasteiger partial charge on any atom is -0.478 e. The molecule has 20 heavy (non-hydrogen) atoms. The molecule has 0 unspecified atom stereocenters. The number of nitrogens with zero attached hydrogens (tertiary/aromatic N) is 3. The zero-order valence-electron chi connectivity index (χ0n) is 11.5. The second kappa shape index (κ2) is 6.21. The third-order valence-corrected chi connectivity index (χ3v) is 2.92. The molecule has 0 aliphatic carbocycles. The molecule has 0 fully saturated rings. The number of imidazole rings is 1. The summed E-state index contributed by atoms with van der Waals surface area (Å²) in [5.41, 5.74) is 1.51. The highest BCUT2D eigenvalue weighted by Crippen LogP contribution is 2.22. The first-order chi connectivity index (χ1) is 9.63. The Bertz CT molecular complexity index is 634. The smallest absolute Gasteiger partial charge is 0.328 e. The van der Waals surface area contributed by atoms with E-state index in [4.69, 9.17) is 9.84 Å². The van der Waals surface area contributed by atoms with E-state index in [-0.39, 0.29) is 0 Å². The van der Waals surface area contributed by atoms with Gasteiger partial charge in [-0.25, -0.2) is 9.78 Å². The molecular formula is C14H17N3O3. The van der Waals surface area contributed by atoms with Crippen LogP contribution in [0.15, 0.2) is 30.5 Å². The molecule has 0 aliphatic rings. The Balaban J connectivity index is 2.46. The van der Waals surface area contributed by atoms with E-state index < -0.39 is 5.97 Å². The standard InChI is InChI=1S/C14H17N3O3/c1-16(9-10-20-2)14-11(6-7-13(18)19)17-8-4-3-5-12(17)15-14/h3-8H,9-10H2,1-2H3,(H,18,19). The van der Waals surface area contributed by atoms with Crippen LogP contribution in [0.1, 0.15) is 5.69 Å². The second-order valence-electron chi connectivity index (χ2n) is 4.34. The van der Waals surface area contributed by atoms with Gasteiger partial charge in [0.1, 0.15) is 5.65 Å². The van der Waals surface area contributed by atoms with Gasteiger partial charge in [-0.05, 0) is 18.2 Å². The van der Waals surface area contributed by atoms with Gasteiger partial charge in [0.05, 0.1) is 12.3 Å². The summed E-state index contributed by atoms with van der Waals surface area (Å²) in [6, 6.07) is 5.66. The van der Waals surface area contributed by atoms with Crippen molar-refractivity contribution in [1.29, 1.82) is 0 Å². The molecule has 0 bridgehead atoms. The van der Waals surface area contributed by atoms with Gasteiger partial charge in [-0.1, -0.05) is 6.07 Å². The zero-order valence-corrected chi connectivity index (χ0v) is 11.5. The molecule has 0 amide bonds. The van der Waals surface area contributed by atoms with E-state index in [0.717, 1.165) is 23.2 Å². The van der Waals surface area contributed by atoms with Crippen molar-refractivity contribution in [1.82, 2.24) is 9.38 Å². The van der Waals surface area contributed by atoms with Crippen LogP contribution in [0.5, 0.6) is 0 Å². The molecule has 1 N–H and O–H groups in total. The molecule has 2 aromatic rings. The van der Waals surface area contributed by atoms with E-state index in [1.165, 1.54) is 0 Å². The maximum absolute atomic E-state index is 10.7. The van der Waals surface area contributed by atoms with E-state index in [0.29, 0.717) is 13.2 Å². The number of anilines is 1. The van der Waals surface area contributed by atoms with Gasteiger partial charge in [0.25, 0.3) is 0 Å². The van der Waals surface area contributed by atoms with E-state index in [1.54, 1.807) is 13.2 Å². The Hall–Kier alpha value is -2.34. The maximum Gasteiger partial charge on any atom is 0.328 e. The van der Waals surface area contributed by atoms with Crippen molar-refractivity contribution in [3.63, 3.8) is 0 Å². The largest absolute Gasteiger partial charge is 0.478 e. The lowest BCUT2D eigenvalue weighted by molar-refractivity contribution is -0.131. The molecule has 106 valence electrons. The number of likely N-dealkylation sites (N-methyl/N-ethyl adjacent to an activating group) is 1. The molecule has 0 spiro atoms. The van der Waals surface area contributed by atoms with Crippen LogP contribution in [-0.2, 0) is 9.53 Å². The molecule has 0 saturated heterocycles. The third-order valence-electron chi connectivity index (χ3n) is 2.92. The highest BCUT2D eigenvalue weighted by Gasteiger charge is 2.13. The quantitative estimate of drug-likeness (QED) is 0.809. The fourth-order valence-electron chi connectivity index (χ4n) is 1.92. The van der Waals surface area contributed by atoms with Gasteiger partial charge in [-0.2, -0.15) is 0 Å². The van der Waals surface area contributed by atoms with Crippen LogP contribution in [0, 0.1) is 0 Å². The Labute approximate surface area is 116 Å². The van der Waals surface area contributed by atoms with Crippen molar-refractivity contribution in [2.45, 2.75) is 0 Å². The van der Waals surface area contributed by atoms with Crippen LogP contribution in [0.25, 0.3) is 11.7 Å². The van der Waals surface area contributed by atoms with Gasteiger partial charge in [0.15, 0.2) is 5.82 Å². The number of methoxy groups -OCH3 is 1. The Morgan fingerprint density at radius 3 is 3.05 bits per heavy atom. The first-order valence-corrected chi connectivity index (χ1v) is 6.21. The van der Waals surface area contributed by atoms with Gasteiger partial charge in [-0.15, -0.1) is 0 Å². The Morgan fingerprint density at radius 1 is 1.55 bits per heavy atom. The number of carbonyl (C=O) groups is 1. The predicted octanol–water partition coefficient (Wildman–Crippen LogP) is 1.51. The maximum atomic E-state index is 10.7. The first kappa shape index (κ1) is 14.1. The van der Waals surface area contributed by atoms with Crippen LogP contribution >= 0.6 is 0 Å². The number of rotatable bonds is 6. The van der Waals surface area contributed by atoms with Crippen molar-refractivity contribution in [2.75, 3.05) is 32.2 Å². The number of aliphatic carboxylic acids is 1. The summed E-state index contributed by atoms with van der Waals surface area (Å²) < 4.78 is 6.92. The lowest BCUT2D eigenvalue weighted by atomic mass is 10.3. The number of fused-ring (bicyclic) bond motifs is 1. The third kappa shape index (κ3) is 2.97. The summed E-state index contributed by atoms with van der Waals surface area (Å²) in [4.78, 5) is 17.2. The average molecular weight is 275 g/mol. The van der Waals surface area contributed by atoms with E-state index in [9.17, 15) is 4.79 Å². The predicted molar refractivity (Wildman–Crippen MR) is 77.0 cm³/mol. The molecule has 2 heterocycles. The lowest BCUT2D eigenvalue weighted by Crippen LogP contribution is -2.23. The number of hydrogen-bond donors (Lipinski definition) is 1. The van der Waals surface area contributed by atoms with E-state index >= 15 is 0 Å². The summed E-state index contributed by atoms with van der Waals surface area (Å²) >= 11 is 0. The van der Waals surface area contributed by atoms with E-state index in [2.05, 4.69) is 4.98 Å². The molecule has 0 aromatic carbocycles. The van der Waals surface area contributed by atoms with Crippen LogP contribution < -0.4 is 4.90 Å². The Kier molecular flexibility index (Phi) is 4.37. The number of hydrogen-bond acceptors (Lipinski definition) is 4. The number of carboxylic acids is 1. The van der Waals surface area contributed by atoms with Crippen molar-refractivity contribution >= 4 is 23.5 Å². The summed E-state index contributed by atoms with van der Waals surface area (Å²) in [5.74, 6) is -0.257. The molecule has 0 aliphatic heterocycles. The highest BCUT2D eigenvalue weighted by molar-refractivity contribution is 5.86. The van der Waals surface area contributed by atoms with Gasteiger partial charge >= 0.3 is 5.97 Å². The number of pyridine rings is 1. The molecular weight excluding hydrogens is 258 g/mol. The molecule has 6 nitrogen and oxygen atoms in total. The Morgan fingerprint density at radius 2 is 2.35 bits per heavy atom. The fourth-order valence-corrected chi connectivity index (χ4v) is 1.92. The fraction of sp³-hybridized carbons (Fsp3) is 0.286. The highest BCUT2D eigenvalue weighted by atomic mass is 16.5. The SMILES string of the molecule is COCCN(C)c1nc2ccccn2c1C=CC(=O)O. The average Bonchev–Trinajstić information content (AvgIpc) is 2.81. The minimum absolute atomic E-state index is 0.576. The minimum atomic E-state index is -0.985. The lowest BCUT2D eigenvalue weighted by Gasteiger charge is -2.16. The van der Waals surface area contributed by atoms with Crippen LogP contribution in [0.3, 0.4) is 0 Å². The molecule has 6 heteroatoms. The topological polar surface area (TPSA) is 67.1 Å². The number of ether oxygens (including phenoxy) is 1. The molecule has 2 rings (SSSR count). The zero-order chi connectivity index (χ0) is 14.5. The van der Waals surface area contributed by atoms with Crippen LogP contribution in [-0.4, -0.2) is 47.8 Å². The molecule has 0 radical (unpaired) electrons. The monoisotopic (exact) mass is 275 g/mol. The van der Waals surface area contributed by atoms with Gasteiger partial charge in [0, 0.05) is 33.0 Å². The number of aromatic nitrogens is 2. The second-order valence-corrected chi connectivity index (χ2v) is 4.34. The summed E-state index contributed by atoms with van der Waals surface area (Å²) in [6.07, 6.45) is 4.53. The van der Waals surface area contributed by atoms with Crippen molar-refractivity contribution in [3.8, 4) is 0 Å². The summed E-state index contributed by atoms with van der Waals surface area (Å²) in [5, 5.41) is 8.81. The first-order valence-electron chi connectivity index (χ1n) is 6.21. The van der Waals surface area contributed by atoms with Gasteiger partial charge < -0.3 is 14.7 Å². The van der Waals surface area contributed by atoms with Crippen molar-refractivity contribution < 1.29 is 14.6 Å². The number of carboxylic acid groups (broad SMARTS) is 1. The molecule has 0 saturated carbocycles. The van der Waals surface area contributed by atoms with E-state index in [1.807, 2.05) is 40.7 Å². The summed E-state index contributed by atoms with van der Waals surface area (Å²) in [6.45, 7) is 1.25. The van der Waals surface area contributed by atoms with Gasteiger partial charge in [-0.3, -0.25) is 4.40 Å². The van der Waals surface area contributed by atoms with Crippen molar-refractivity contribution in [3.05, 3.63) is 36.2 Å².